The van der Waals surface area contributed by atoms with Crippen LogP contribution < -0.4 is 35.0 Å². The van der Waals surface area contributed by atoms with Crippen molar-refractivity contribution in [3.63, 3.8) is 0 Å². The topological polar surface area (TPSA) is 39.7 Å². The Morgan fingerprint density at radius 1 is 1.38 bits per heavy atom. The standard InChI is InChI=1S/C8H10N2S2.HI/c9-8(11)10-6-12-7-4-2-1-3-5-7;/h1-5H,6H2,(H3,9,10,11);1H. The summed E-state index contributed by atoms with van der Waals surface area (Å²) in [5, 5.41) is 3.57. The Kier molecular flexibility index (Phi) is 7.63. The molecule has 0 bridgehead atoms. The first-order valence-electron chi connectivity index (χ1n) is 3.56. The molecule has 0 unspecified atom stereocenters. The number of hydrogen-bond acceptors (Lipinski definition) is 2. The van der Waals surface area contributed by atoms with E-state index in [1.165, 1.54) is 4.90 Å². The van der Waals surface area contributed by atoms with Crippen LogP contribution in [0.2, 0.25) is 0 Å². The van der Waals surface area contributed by atoms with Gasteiger partial charge in [0.25, 0.3) is 5.11 Å². The molecule has 4 N–H and O–H groups in total. The maximum atomic E-state index is 4.78. The van der Waals surface area contributed by atoms with Gasteiger partial charge >= 0.3 is 0 Å². The number of halogens is 1. The maximum Gasteiger partial charge on any atom is 0.265 e. The van der Waals surface area contributed by atoms with Gasteiger partial charge in [-0.25, -0.2) is 0 Å². The van der Waals surface area contributed by atoms with Gasteiger partial charge in [0.2, 0.25) is 0 Å². The monoisotopic (exact) mass is 326 g/mol. The lowest BCUT2D eigenvalue weighted by molar-refractivity contribution is -0.214. The summed E-state index contributed by atoms with van der Waals surface area (Å²) in [6.45, 7) is 0. The highest BCUT2D eigenvalue weighted by atomic mass is 127. The highest BCUT2D eigenvalue weighted by Gasteiger charge is 1.92. The average molecular weight is 326 g/mol. The fraction of sp³-hybridized carbons (Fsp3) is 0.125. The highest BCUT2D eigenvalue weighted by Crippen LogP contribution is 2.14. The van der Waals surface area contributed by atoms with Gasteiger partial charge in [-0.1, -0.05) is 18.2 Å². The second-order valence-electron chi connectivity index (χ2n) is 2.20. The molecule has 0 amide bonds. The number of benzene rings is 1. The molecule has 1 aromatic rings. The molecule has 0 aliphatic rings. The fourth-order valence-electron chi connectivity index (χ4n) is 0.717. The first kappa shape index (κ1) is 13.2. The van der Waals surface area contributed by atoms with Gasteiger partial charge in [-0.15, -0.1) is 11.8 Å². The summed E-state index contributed by atoms with van der Waals surface area (Å²) >= 11 is 6.49. The molecule has 0 saturated heterocycles. The normalized spacial score (nSPS) is 8.69. The van der Waals surface area contributed by atoms with E-state index in [-0.39, 0.29) is 24.0 Å². The van der Waals surface area contributed by atoms with Crippen molar-refractivity contribution in [1.29, 1.82) is 0 Å². The minimum atomic E-state index is 0. The summed E-state index contributed by atoms with van der Waals surface area (Å²) in [6.07, 6.45) is 0. The Hall–Kier alpha value is 0.150. The lowest BCUT2D eigenvalue weighted by Gasteiger charge is -2.00. The Morgan fingerprint density at radius 3 is 2.54 bits per heavy atom. The van der Waals surface area contributed by atoms with Crippen molar-refractivity contribution in [2.75, 3.05) is 5.88 Å². The van der Waals surface area contributed by atoms with Crippen molar-refractivity contribution >= 4 is 29.1 Å². The van der Waals surface area contributed by atoms with Crippen molar-refractivity contribution in [3.05, 3.63) is 30.3 Å². The molecular formula is C8H11IN2S2. The lowest BCUT2D eigenvalue weighted by atomic mass is 10.4. The minimum Gasteiger partial charge on any atom is -1.00 e. The average Bonchev–Trinajstić information content (AvgIpc) is 2.05. The summed E-state index contributed by atoms with van der Waals surface area (Å²) < 4.78 is 0. The van der Waals surface area contributed by atoms with Crippen molar-refractivity contribution in [2.24, 2.45) is 0 Å². The van der Waals surface area contributed by atoms with Crippen LogP contribution in [0.1, 0.15) is 0 Å². The van der Waals surface area contributed by atoms with Crippen LogP contribution in [0.4, 0.5) is 0 Å². The number of rotatable bonds is 3. The third-order valence-electron chi connectivity index (χ3n) is 1.25. The van der Waals surface area contributed by atoms with Gasteiger partial charge in [-0.3, -0.25) is 0 Å². The number of thiocarbonyl (C=S) groups is 1. The Labute approximate surface area is 105 Å². The van der Waals surface area contributed by atoms with E-state index in [1.807, 2.05) is 18.2 Å². The number of hydrogen-bond donors (Lipinski definition) is 2. The van der Waals surface area contributed by atoms with E-state index >= 15 is 0 Å². The molecule has 0 fully saturated rings. The molecule has 0 aromatic heterocycles. The molecule has 0 aliphatic heterocycles. The fourth-order valence-corrected chi connectivity index (χ4v) is 1.64. The summed E-state index contributed by atoms with van der Waals surface area (Å²) in [4.78, 5) is 1.24. The van der Waals surface area contributed by atoms with Gasteiger partial charge in [0.05, 0.1) is 5.88 Å². The van der Waals surface area contributed by atoms with Crippen molar-refractivity contribution in [3.8, 4) is 0 Å². The van der Waals surface area contributed by atoms with Gasteiger partial charge in [0, 0.05) is 17.1 Å². The molecule has 0 atom stereocenters. The second kappa shape index (κ2) is 7.54. The summed E-state index contributed by atoms with van der Waals surface area (Å²) in [6, 6.07) is 10.2. The van der Waals surface area contributed by atoms with Crippen LogP contribution in [0.3, 0.4) is 0 Å². The van der Waals surface area contributed by atoms with Crippen molar-refractivity contribution in [2.45, 2.75) is 4.90 Å². The first-order chi connectivity index (χ1) is 5.79. The zero-order valence-electron chi connectivity index (χ0n) is 7.00. The van der Waals surface area contributed by atoms with Crippen LogP contribution in [0, 0.1) is 0 Å². The number of quaternary nitrogens is 1. The van der Waals surface area contributed by atoms with Gasteiger partial charge < -0.3 is 35.0 Å². The van der Waals surface area contributed by atoms with E-state index in [1.54, 1.807) is 11.8 Å². The largest absolute Gasteiger partial charge is 1.00 e. The minimum absolute atomic E-state index is 0. The molecule has 13 heavy (non-hydrogen) atoms. The lowest BCUT2D eigenvalue weighted by Crippen LogP contribution is -3.00. The van der Waals surface area contributed by atoms with Crippen LogP contribution in [-0.2, 0) is 0 Å². The number of nitrogens with one attached hydrogen (secondary N) is 1. The van der Waals surface area contributed by atoms with Crippen molar-refractivity contribution in [1.82, 2.24) is 5.32 Å². The van der Waals surface area contributed by atoms with Gasteiger partial charge in [0.1, 0.15) is 0 Å². The highest BCUT2D eigenvalue weighted by molar-refractivity contribution is 7.99. The predicted octanol–water partition coefficient (Wildman–Crippen LogP) is -2.14. The van der Waals surface area contributed by atoms with E-state index in [9.17, 15) is 0 Å². The molecule has 0 aliphatic carbocycles. The molecule has 1 aromatic carbocycles. The summed E-state index contributed by atoms with van der Waals surface area (Å²) in [7, 11) is 0. The molecule has 2 nitrogen and oxygen atoms in total. The zero-order valence-corrected chi connectivity index (χ0v) is 10.8. The summed E-state index contributed by atoms with van der Waals surface area (Å²) in [5.74, 6) is 0.784. The van der Waals surface area contributed by atoms with Crippen molar-refractivity contribution < 1.29 is 29.7 Å². The zero-order chi connectivity index (χ0) is 8.81. The predicted molar refractivity (Wildman–Crippen MR) is 55.8 cm³/mol. The van der Waals surface area contributed by atoms with Crippen LogP contribution in [0.15, 0.2) is 35.2 Å². The third kappa shape index (κ3) is 6.25. The maximum absolute atomic E-state index is 4.78. The SMILES string of the molecule is [I-].[NH3+]C(=S)NCSc1ccccc1. The Balaban J connectivity index is 0.00000144. The van der Waals surface area contributed by atoms with E-state index in [0.29, 0.717) is 5.11 Å². The Bertz CT molecular complexity index is 254. The van der Waals surface area contributed by atoms with E-state index in [0.717, 1.165) is 5.88 Å². The molecule has 0 spiro atoms. The quantitative estimate of drug-likeness (QED) is 0.288. The van der Waals surface area contributed by atoms with Gasteiger partial charge in [-0.05, 0) is 12.1 Å². The number of thioether (sulfide) groups is 1. The smallest absolute Gasteiger partial charge is 0.265 e. The molecule has 72 valence electrons. The molecule has 0 heterocycles. The molecule has 0 saturated carbocycles. The van der Waals surface area contributed by atoms with Gasteiger partial charge in [-0.2, -0.15) is 0 Å². The second-order valence-corrected chi connectivity index (χ2v) is 3.74. The van der Waals surface area contributed by atoms with Gasteiger partial charge in [0.15, 0.2) is 0 Å². The molecular weight excluding hydrogens is 315 g/mol. The molecule has 0 radical (unpaired) electrons. The first-order valence-corrected chi connectivity index (χ1v) is 4.96. The Morgan fingerprint density at radius 2 is 2.00 bits per heavy atom. The third-order valence-corrected chi connectivity index (χ3v) is 2.29. The molecule has 1 rings (SSSR count). The van der Waals surface area contributed by atoms with Crippen LogP contribution in [0.5, 0.6) is 0 Å². The van der Waals surface area contributed by atoms with E-state index in [2.05, 4.69) is 23.2 Å². The van der Waals surface area contributed by atoms with Crippen LogP contribution >= 0.6 is 24.0 Å². The van der Waals surface area contributed by atoms with Crippen LogP contribution in [-0.4, -0.2) is 11.0 Å². The summed E-state index contributed by atoms with van der Waals surface area (Å²) in [5.41, 5.74) is 3.58. The van der Waals surface area contributed by atoms with E-state index in [4.69, 9.17) is 12.2 Å². The van der Waals surface area contributed by atoms with Crippen LogP contribution in [0.25, 0.3) is 0 Å². The molecule has 5 heteroatoms. The van der Waals surface area contributed by atoms with E-state index < -0.39 is 0 Å².